The molecule has 0 bridgehead atoms. The predicted molar refractivity (Wildman–Crippen MR) is 28.7 cm³/mol. The number of hydrogen-bond acceptors (Lipinski definition) is 2. The third kappa shape index (κ3) is 0.991. The Kier molecular flexibility index (Phi) is 0.830. The summed E-state index contributed by atoms with van der Waals surface area (Å²) in [5.74, 6) is 0. The second kappa shape index (κ2) is 1.61. The first-order valence-electron chi connectivity index (χ1n) is 2.23. The summed E-state index contributed by atoms with van der Waals surface area (Å²) < 4.78 is 7.49. The predicted octanol–water partition coefficient (Wildman–Crippen LogP) is 0.578. The normalized spacial score (nSPS) is 11.4. The highest BCUT2D eigenvalue weighted by atomic mass is 79.9. The van der Waals surface area contributed by atoms with E-state index in [9.17, 15) is 0 Å². The van der Waals surface area contributed by atoms with Crippen LogP contribution in [-0.2, 0) is 7.05 Å². The van der Waals surface area contributed by atoms with Crippen LogP contribution in [0, 0.1) is 0 Å². The van der Waals surface area contributed by atoms with Gasteiger partial charge in [-0.05, 0) is 15.9 Å². The molecule has 0 saturated carbocycles. The van der Waals surface area contributed by atoms with E-state index in [0.29, 0.717) is 4.60 Å². The molecule has 38 valence electrons. The third-order valence-electron chi connectivity index (χ3n) is 0.519. The number of hydrogen-bond donors (Lipinski definition) is 0. The van der Waals surface area contributed by atoms with Gasteiger partial charge >= 0.3 is 0 Å². The first-order valence-corrected chi connectivity index (χ1v) is 2.53. The summed E-state index contributed by atoms with van der Waals surface area (Å²) >= 11 is 3.03. The molecule has 0 spiro atoms. The van der Waals surface area contributed by atoms with Gasteiger partial charge in [0, 0.05) is 7.05 Å². The van der Waals surface area contributed by atoms with Crippen LogP contribution in [0.2, 0.25) is 0 Å². The monoisotopic (exact) mass is 162 g/mol. The Balaban J connectivity index is 3.14. The molecule has 0 aliphatic heterocycles. The molecule has 0 N–H and O–H groups in total. The Hall–Kier alpha value is -0.380. The Morgan fingerprint density at radius 1 is 2.14 bits per heavy atom. The van der Waals surface area contributed by atoms with Gasteiger partial charge in [-0.15, -0.1) is 5.10 Å². The van der Waals surface area contributed by atoms with Crippen LogP contribution in [0.1, 0.15) is 1.37 Å². The highest BCUT2D eigenvalue weighted by Gasteiger charge is 1.85. The van der Waals surface area contributed by atoms with Crippen molar-refractivity contribution in [1.82, 2.24) is 15.0 Å². The van der Waals surface area contributed by atoms with Gasteiger partial charge in [0.05, 0.1) is 7.54 Å². The Labute approximate surface area is 50.9 Å². The lowest BCUT2D eigenvalue weighted by molar-refractivity contribution is 0.651. The lowest BCUT2D eigenvalue weighted by Crippen LogP contribution is -1.90. The molecule has 1 aromatic rings. The number of aromatic nitrogens is 3. The third-order valence-corrected chi connectivity index (χ3v) is 0.855. The van der Waals surface area contributed by atoms with Crippen molar-refractivity contribution < 1.29 is 1.37 Å². The maximum absolute atomic E-state index is 7.00. The summed E-state index contributed by atoms with van der Waals surface area (Å²) in [6.07, 6.45) is 0.174. The van der Waals surface area contributed by atoms with E-state index in [1.54, 1.807) is 7.05 Å². The molecule has 0 aliphatic carbocycles. The van der Waals surface area contributed by atoms with Crippen molar-refractivity contribution in [2.45, 2.75) is 0 Å². The molecule has 1 aromatic heterocycles. The minimum Gasteiger partial charge on any atom is -0.187 e. The summed E-state index contributed by atoms with van der Waals surface area (Å²) in [5.41, 5.74) is 0. The summed E-state index contributed by atoms with van der Waals surface area (Å²) in [5, 5.41) is 7.38. The number of nitrogens with zero attached hydrogens (tertiary/aromatic N) is 3. The maximum Gasteiger partial charge on any atom is 0.148 e. The zero-order chi connectivity index (χ0) is 6.15. The van der Waals surface area contributed by atoms with Crippen LogP contribution in [0.15, 0.2) is 10.8 Å². The molecule has 0 fully saturated rings. The van der Waals surface area contributed by atoms with Crippen molar-refractivity contribution in [2.75, 3.05) is 0 Å². The molecular formula is C3H4BrN3. The van der Waals surface area contributed by atoms with Crippen molar-refractivity contribution in [1.29, 1.82) is 0 Å². The van der Waals surface area contributed by atoms with Crippen molar-refractivity contribution in [3.63, 3.8) is 0 Å². The lowest BCUT2D eigenvalue weighted by Gasteiger charge is -1.76. The first kappa shape index (κ1) is 3.60. The standard InChI is InChI=1S/C3H4BrN3/c1-7-5-2-3(4)6-7/h2H,1H3/i2D. The molecule has 0 aliphatic rings. The average Bonchev–Trinajstić information content (AvgIpc) is 1.85. The van der Waals surface area contributed by atoms with E-state index in [1.165, 1.54) is 4.80 Å². The van der Waals surface area contributed by atoms with Gasteiger partial charge in [-0.25, -0.2) is 0 Å². The maximum atomic E-state index is 7.00. The van der Waals surface area contributed by atoms with Gasteiger partial charge in [0.2, 0.25) is 0 Å². The highest BCUT2D eigenvalue weighted by Crippen LogP contribution is 1.98. The van der Waals surface area contributed by atoms with E-state index in [-0.39, 0.29) is 6.17 Å². The van der Waals surface area contributed by atoms with Crippen molar-refractivity contribution >= 4 is 15.9 Å². The zero-order valence-electron chi connectivity index (χ0n) is 4.72. The van der Waals surface area contributed by atoms with Gasteiger partial charge in [0.25, 0.3) is 0 Å². The van der Waals surface area contributed by atoms with Gasteiger partial charge in [-0.2, -0.15) is 9.90 Å². The Morgan fingerprint density at radius 3 is 3.00 bits per heavy atom. The molecule has 1 heterocycles. The molecule has 0 amide bonds. The van der Waals surface area contributed by atoms with Gasteiger partial charge in [0.1, 0.15) is 4.60 Å². The molecule has 1 rings (SSSR count). The summed E-state index contributed by atoms with van der Waals surface area (Å²) in [4.78, 5) is 1.34. The van der Waals surface area contributed by atoms with Crippen LogP contribution in [0.5, 0.6) is 0 Å². The SMILES string of the molecule is [2H]c1nn(C)nc1Br. The summed E-state index contributed by atoms with van der Waals surface area (Å²) in [6, 6.07) is 0. The van der Waals surface area contributed by atoms with Crippen molar-refractivity contribution in [3.05, 3.63) is 10.8 Å². The topological polar surface area (TPSA) is 30.7 Å². The van der Waals surface area contributed by atoms with E-state index in [4.69, 9.17) is 1.37 Å². The van der Waals surface area contributed by atoms with Crippen LogP contribution in [0.3, 0.4) is 0 Å². The number of aryl methyl sites for hydroxylation is 1. The summed E-state index contributed by atoms with van der Waals surface area (Å²) in [7, 11) is 1.67. The smallest absolute Gasteiger partial charge is 0.148 e. The minimum absolute atomic E-state index is 0.174. The Morgan fingerprint density at radius 2 is 2.86 bits per heavy atom. The molecule has 4 heteroatoms. The molecule has 0 atom stereocenters. The average molecular weight is 163 g/mol. The lowest BCUT2D eigenvalue weighted by atomic mass is 11.0. The van der Waals surface area contributed by atoms with Crippen LogP contribution in [-0.4, -0.2) is 15.0 Å². The molecule has 0 aromatic carbocycles. The first-order chi connectivity index (χ1) is 3.70. The van der Waals surface area contributed by atoms with Crippen LogP contribution in [0.25, 0.3) is 0 Å². The zero-order valence-corrected chi connectivity index (χ0v) is 5.31. The molecule has 7 heavy (non-hydrogen) atoms. The summed E-state index contributed by atoms with van der Waals surface area (Å²) in [6.45, 7) is 0. The van der Waals surface area contributed by atoms with Crippen molar-refractivity contribution in [2.24, 2.45) is 7.05 Å². The number of halogens is 1. The highest BCUT2D eigenvalue weighted by molar-refractivity contribution is 9.10. The second-order valence-electron chi connectivity index (χ2n) is 1.09. The molecule has 0 saturated heterocycles. The molecule has 0 radical (unpaired) electrons. The fraction of sp³-hybridized carbons (Fsp3) is 0.333. The number of rotatable bonds is 0. The minimum atomic E-state index is 0.174. The van der Waals surface area contributed by atoms with Gasteiger partial charge in [0.15, 0.2) is 0 Å². The van der Waals surface area contributed by atoms with E-state index >= 15 is 0 Å². The second-order valence-corrected chi connectivity index (χ2v) is 1.84. The fourth-order valence-electron chi connectivity index (χ4n) is 0.285. The van der Waals surface area contributed by atoms with E-state index in [1.807, 2.05) is 0 Å². The van der Waals surface area contributed by atoms with Gasteiger partial charge in [-0.1, -0.05) is 0 Å². The van der Waals surface area contributed by atoms with Gasteiger partial charge < -0.3 is 0 Å². The van der Waals surface area contributed by atoms with E-state index in [2.05, 4.69) is 26.1 Å². The van der Waals surface area contributed by atoms with Crippen LogP contribution >= 0.6 is 15.9 Å². The molecule has 0 unspecified atom stereocenters. The van der Waals surface area contributed by atoms with E-state index in [0.717, 1.165) is 0 Å². The largest absolute Gasteiger partial charge is 0.187 e. The van der Waals surface area contributed by atoms with E-state index < -0.39 is 0 Å². The van der Waals surface area contributed by atoms with Crippen molar-refractivity contribution in [3.8, 4) is 0 Å². The Bertz CT molecular complexity index is 177. The quantitative estimate of drug-likeness (QED) is 0.559. The fourth-order valence-corrected chi connectivity index (χ4v) is 0.594. The van der Waals surface area contributed by atoms with Crippen LogP contribution in [0.4, 0.5) is 0 Å². The van der Waals surface area contributed by atoms with Crippen LogP contribution < -0.4 is 0 Å². The molecule has 3 nitrogen and oxygen atoms in total. The molecular weight excluding hydrogens is 158 g/mol. The van der Waals surface area contributed by atoms with Gasteiger partial charge in [-0.3, -0.25) is 0 Å².